The zero-order valence-corrected chi connectivity index (χ0v) is 13.7. The van der Waals surface area contributed by atoms with Crippen molar-refractivity contribution in [3.63, 3.8) is 0 Å². The molecule has 2 aromatic carbocycles. The van der Waals surface area contributed by atoms with Crippen molar-refractivity contribution in [2.45, 2.75) is 6.42 Å². The van der Waals surface area contributed by atoms with Crippen LogP contribution in [0, 0.1) is 10.6 Å². The van der Waals surface area contributed by atoms with E-state index in [2.05, 4.69) is 15.3 Å². The Bertz CT molecular complexity index is 992. The first-order valence-electron chi connectivity index (χ1n) is 7.32. The molecule has 0 spiro atoms. The molecule has 25 heavy (non-hydrogen) atoms. The van der Waals surface area contributed by atoms with Crippen LogP contribution in [0.4, 0.5) is 4.39 Å². The molecule has 1 heterocycles. The van der Waals surface area contributed by atoms with Crippen molar-refractivity contribution in [2.24, 2.45) is 5.10 Å². The third-order valence-electron chi connectivity index (χ3n) is 3.50. The van der Waals surface area contributed by atoms with E-state index in [1.54, 1.807) is 30.3 Å². The summed E-state index contributed by atoms with van der Waals surface area (Å²) >= 11 is 5.16. The van der Waals surface area contributed by atoms with Crippen LogP contribution in [0.1, 0.15) is 27.3 Å². The molecule has 0 saturated heterocycles. The minimum atomic E-state index is -1.04. The summed E-state index contributed by atoms with van der Waals surface area (Å²) in [5.74, 6) is -0.823. The first kappa shape index (κ1) is 16.7. The topological polar surface area (TPSA) is 83.3 Å². The first-order valence-corrected chi connectivity index (χ1v) is 7.73. The van der Waals surface area contributed by atoms with E-state index in [4.69, 9.17) is 12.2 Å². The largest absolute Gasteiger partial charge is 0.478 e. The van der Waals surface area contributed by atoms with Crippen LogP contribution in [0.3, 0.4) is 0 Å². The van der Waals surface area contributed by atoms with Crippen LogP contribution in [-0.2, 0) is 6.42 Å². The molecule has 0 amide bonds. The summed E-state index contributed by atoms with van der Waals surface area (Å²) < 4.78 is 14.7. The molecule has 0 unspecified atom stereocenters. The van der Waals surface area contributed by atoms with Crippen LogP contribution in [-0.4, -0.2) is 32.2 Å². The van der Waals surface area contributed by atoms with E-state index in [0.29, 0.717) is 17.8 Å². The smallest absolute Gasteiger partial charge is 0.336 e. The van der Waals surface area contributed by atoms with E-state index < -0.39 is 5.97 Å². The summed E-state index contributed by atoms with van der Waals surface area (Å²) in [7, 11) is 0. The van der Waals surface area contributed by atoms with Crippen molar-refractivity contribution in [3.8, 4) is 0 Å². The molecule has 0 aliphatic rings. The minimum Gasteiger partial charge on any atom is -0.478 e. The number of benzene rings is 2. The van der Waals surface area contributed by atoms with Gasteiger partial charge in [0.15, 0.2) is 5.82 Å². The average molecular weight is 356 g/mol. The molecule has 0 fully saturated rings. The van der Waals surface area contributed by atoms with E-state index >= 15 is 0 Å². The third kappa shape index (κ3) is 3.86. The molecule has 126 valence electrons. The second-order valence-electron chi connectivity index (χ2n) is 5.20. The Morgan fingerprint density at radius 1 is 1.28 bits per heavy atom. The zero-order chi connectivity index (χ0) is 17.8. The van der Waals surface area contributed by atoms with Crippen LogP contribution < -0.4 is 0 Å². The molecule has 3 aromatic rings. The van der Waals surface area contributed by atoms with Gasteiger partial charge in [0.1, 0.15) is 5.82 Å². The second kappa shape index (κ2) is 7.18. The van der Waals surface area contributed by atoms with E-state index in [9.17, 15) is 14.3 Å². The van der Waals surface area contributed by atoms with Gasteiger partial charge in [0, 0.05) is 12.0 Å². The highest BCUT2D eigenvalue weighted by atomic mass is 32.1. The van der Waals surface area contributed by atoms with Gasteiger partial charge in [-0.1, -0.05) is 30.3 Å². The minimum absolute atomic E-state index is 0.140. The maximum Gasteiger partial charge on any atom is 0.336 e. The van der Waals surface area contributed by atoms with E-state index in [-0.39, 0.29) is 16.2 Å². The van der Waals surface area contributed by atoms with Crippen molar-refractivity contribution >= 4 is 24.4 Å². The van der Waals surface area contributed by atoms with Gasteiger partial charge in [-0.05, 0) is 36.0 Å². The van der Waals surface area contributed by atoms with Gasteiger partial charge in [-0.2, -0.15) is 14.9 Å². The molecule has 8 heteroatoms. The Balaban J connectivity index is 1.91. The lowest BCUT2D eigenvalue weighted by atomic mass is 10.1. The number of nitrogens with one attached hydrogen (secondary N) is 1. The van der Waals surface area contributed by atoms with Crippen LogP contribution in [0.2, 0.25) is 0 Å². The predicted molar refractivity (Wildman–Crippen MR) is 93.0 cm³/mol. The van der Waals surface area contributed by atoms with Crippen molar-refractivity contribution < 1.29 is 14.3 Å². The fourth-order valence-electron chi connectivity index (χ4n) is 2.27. The second-order valence-corrected chi connectivity index (χ2v) is 5.58. The lowest BCUT2D eigenvalue weighted by Crippen LogP contribution is -2.04. The van der Waals surface area contributed by atoms with Crippen molar-refractivity contribution in [3.05, 3.63) is 81.6 Å². The molecule has 2 N–H and O–H groups in total. The molecule has 0 radical (unpaired) electrons. The van der Waals surface area contributed by atoms with Crippen LogP contribution in [0.25, 0.3) is 0 Å². The summed E-state index contributed by atoms with van der Waals surface area (Å²) in [4.78, 5) is 11.2. The number of halogens is 1. The Morgan fingerprint density at radius 2 is 2.00 bits per heavy atom. The predicted octanol–water partition coefficient (Wildman–Crippen LogP) is 3.25. The number of carboxylic acids is 1. The summed E-state index contributed by atoms with van der Waals surface area (Å²) in [6, 6.07) is 12.6. The highest BCUT2D eigenvalue weighted by molar-refractivity contribution is 7.71. The van der Waals surface area contributed by atoms with Crippen molar-refractivity contribution in [2.75, 3.05) is 0 Å². The quantitative estimate of drug-likeness (QED) is 0.543. The summed E-state index contributed by atoms with van der Waals surface area (Å²) in [5, 5.41) is 20.2. The number of carbonyl (C=O) groups is 1. The van der Waals surface area contributed by atoms with Crippen LogP contribution >= 0.6 is 12.2 Å². The van der Waals surface area contributed by atoms with Gasteiger partial charge in [-0.25, -0.2) is 9.18 Å². The summed E-state index contributed by atoms with van der Waals surface area (Å²) in [6.07, 6.45) is 1.81. The number of aromatic amines is 1. The van der Waals surface area contributed by atoms with Gasteiger partial charge in [-0.3, -0.25) is 5.10 Å². The maximum atomic E-state index is 13.0. The molecule has 0 saturated carbocycles. The van der Waals surface area contributed by atoms with Gasteiger partial charge in [0.25, 0.3) is 0 Å². The molecule has 0 atom stereocenters. The first-order chi connectivity index (χ1) is 12.0. The average Bonchev–Trinajstić information content (AvgIpc) is 2.95. The summed E-state index contributed by atoms with van der Waals surface area (Å²) in [5.41, 5.74) is 1.44. The SMILES string of the molecule is O=C(O)c1ccccc1/C=N\n1c(Cc2ccc(F)cc2)n[nH]c1=S. The molecular formula is C17H13FN4O2S. The van der Waals surface area contributed by atoms with Crippen molar-refractivity contribution in [1.29, 1.82) is 0 Å². The van der Waals surface area contributed by atoms with Gasteiger partial charge in [-0.15, -0.1) is 0 Å². The van der Waals surface area contributed by atoms with Crippen LogP contribution in [0.15, 0.2) is 53.6 Å². The van der Waals surface area contributed by atoms with Gasteiger partial charge in [0.2, 0.25) is 4.77 Å². The van der Waals surface area contributed by atoms with Gasteiger partial charge < -0.3 is 5.11 Å². The molecule has 0 bridgehead atoms. The highest BCUT2D eigenvalue weighted by Crippen LogP contribution is 2.10. The number of carboxylic acid groups (broad SMARTS) is 1. The number of rotatable bonds is 5. The molecule has 6 nitrogen and oxygen atoms in total. The molecule has 1 aromatic heterocycles. The van der Waals surface area contributed by atoms with E-state index in [1.165, 1.54) is 29.1 Å². The number of nitrogens with zero attached hydrogens (tertiary/aromatic N) is 3. The normalized spacial score (nSPS) is 11.1. The number of hydrogen-bond donors (Lipinski definition) is 2. The Hall–Kier alpha value is -3.13. The standard InChI is InChI=1S/C17H13FN4O2S/c18-13-7-5-11(6-8-13)9-15-20-21-17(25)22(15)19-10-12-3-1-2-4-14(12)16(23)24/h1-8,10H,9H2,(H,21,25)(H,23,24)/b19-10-. The summed E-state index contributed by atoms with van der Waals surface area (Å²) in [6.45, 7) is 0. The number of H-pyrrole nitrogens is 1. The maximum absolute atomic E-state index is 13.0. The Labute approximate surface area is 147 Å². The lowest BCUT2D eigenvalue weighted by molar-refractivity contribution is 0.0696. The van der Waals surface area contributed by atoms with Gasteiger partial charge >= 0.3 is 5.97 Å². The fraction of sp³-hybridized carbons (Fsp3) is 0.0588. The molecule has 0 aliphatic heterocycles. The third-order valence-corrected chi connectivity index (χ3v) is 3.76. The van der Waals surface area contributed by atoms with Gasteiger partial charge in [0.05, 0.1) is 11.8 Å². The van der Waals surface area contributed by atoms with E-state index in [1.807, 2.05) is 0 Å². The zero-order valence-electron chi connectivity index (χ0n) is 12.9. The number of aromatic carboxylic acids is 1. The molecular weight excluding hydrogens is 343 g/mol. The molecule has 0 aliphatic carbocycles. The Morgan fingerprint density at radius 3 is 2.72 bits per heavy atom. The van der Waals surface area contributed by atoms with Crippen LogP contribution in [0.5, 0.6) is 0 Å². The molecule has 3 rings (SSSR count). The Kier molecular flexibility index (Phi) is 4.80. The van der Waals surface area contributed by atoms with E-state index in [0.717, 1.165) is 5.56 Å². The number of hydrogen-bond acceptors (Lipinski definition) is 4. The highest BCUT2D eigenvalue weighted by Gasteiger charge is 2.09. The fourth-order valence-corrected chi connectivity index (χ4v) is 2.47. The van der Waals surface area contributed by atoms with Crippen molar-refractivity contribution in [1.82, 2.24) is 14.9 Å². The monoisotopic (exact) mass is 356 g/mol. The lowest BCUT2D eigenvalue weighted by Gasteiger charge is -2.03. The number of aromatic nitrogens is 3.